The highest BCUT2D eigenvalue weighted by Gasteiger charge is 2.16. The lowest BCUT2D eigenvalue weighted by Crippen LogP contribution is -2.01. The number of thiazole rings is 1. The molecule has 3 aromatic heterocycles. The van der Waals surface area contributed by atoms with Crippen molar-refractivity contribution in [1.82, 2.24) is 24.9 Å². The van der Waals surface area contributed by atoms with Gasteiger partial charge in [-0.05, 0) is 37.3 Å². The van der Waals surface area contributed by atoms with E-state index in [0.29, 0.717) is 0 Å². The number of anilines is 3. The largest absolute Gasteiger partial charge is 0.368 e. The predicted molar refractivity (Wildman–Crippen MR) is 130 cm³/mol. The van der Waals surface area contributed by atoms with Gasteiger partial charge in [0.1, 0.15) is 6.33 Å². The molecule has 0 bridgehead atoms. The van der Waals surface area contributed by atoms with Gasteiger partial charge in [0, 0.05) is 22.8 Å². The van der Waals surface area contributed by atoms with Gasteiger partial charge in [0.15, 0.2) is 0 Å². The smallest absolute Gasteiger partial charge is 0.221 e. The van der Waals surface area contributed by atoms with Gasteiger partial charge in [0.25, 0.3) is 0 Å². The zero-order chi connectivity index (χ0) is 21.7. The van der Waals surface area contributed by atoms with Gasteiger partial charge in [0.05, 0.1) is 43.0 Å². The molecule has 6 rings (SSSR count). The van der Waals surface area contributed by atoms with E-state index in [9.17, 15) is 0 Å². The van der Waals surface area contributed by atoms with Crippen LogP contribution in [0.1, 0.15) is 5.01 Å². The number of aromatic nitrogens is 5. The van der Waals surface area contributed by atoms with Crippen LogP contribution in [0, 0.1) is 6.92 Å². The highest BCUT2D eigenvalue weighted by molar-refractivity contribution is 7.18. The summed E-state index contributed by atoms with van der Waals surface area (Å²) in [6, 6.07) is 18.1. The maximum atomic E-state index is 6.09. The van der Waals surface area contributed by atoms with Crippen molar-refractivity contribution in [1.29, 1.82) is 0 Å². The second kappa shape index (κ2) is 7.21. The number of hydrogen-bond donors (Lipinski definition) is 2. The molecule has 0 amide bonds. The lowest BCUT2D eigenvalue weighted by molar-refractivity contribution is 1.21. The van der Waals surface area contributed by atoms with Crippen LogP contribution in [-0.4, -0.2) is 24.9 Å². The van der Waals surface area contributed by atoms with Gasteiger partial charge in [-0.15, -0.1) is 11.3 Å². The first-order chi connectivity index (χ1) is 15.7. The summed E-state index contributed by atoms with van der Waals surface area (Å²) < 4.78 is 1.14. The molecule has 3 aromatic carbocycles. The Hall–Kier alpha value is -4.17. The lowest BCUT2D eigenvalue weighted by atomic mass is 10.0. The molecule has 0 aliphatic heterocycles. The first-order valence-electron chi connectivity index (χ1n) is 10.1. The molecule has 0 saturated carbocycles. The number of nitrogen functional groups attached to an aromatic ring is 1. The summed E-state index contributed by atoms with van der Waals surface area (Å²) in [5.41, 5.74) is 12.1. The van der Waals surface area contributed by atoms with Crippen molar-refractivity contribution < 1.29 is 0 Å². The molecule has 0 atom stereocenters. The van der Waals surface area contributed by atoms with Crippen LogP contribution < -0.4 is 11.1 Å². The fraction of sp³-hybridized carbons (Fsp3) is 0.0417. The molecule has 0 aliphatic rings. The molecular formula is C24H17N7S. The Morgan fingerprint density at radius 1 is 0.938 bits per heavy atom. The van der Waals surface area contributed by atoms with Crippen molar-refractivity contribution in [3.63, 3.8) is 0 Å². The van der Waals surface area contributed by atoms with Gasteiger partial charge < -0.3 is 11.1 Å². The fourth-order valence-corrected chi connectivity index (χ4v) is 4.84. The van der Waals surface area contributed by atoms with Gasteiger partial charge in [-0.2, -0.15) is 0 Å². The van der Waals surface area contributed by atoms with Crippen LogP contribution in [0.5, 0.6) is 0 Å². The van der Waals surface area contributed by atoms with Crippen LogP contribution >= 0.6 is 11.3 Å². The molecule has 3 heterocycles. The summed E-state index contributed by atoms with van der Waals surface area (Å²) in [6.07, 6.45) is 3.34. The third-order valence-corrected chi connectivity index (χ3v) is 6.24. The maximum absolute atomic E-state index is 6.09. The summed E-state index contributed by atoms with van der Waals surface area (Å²) in [7, 11) is 0. The molecule has 7 nitrogen and oxygen atoms in total. The van der Waals surface area contributed by atoms with Crippen LogP contribution in [0.3, 0.4) is 0 Å². The molecule has 6 aromatic rings. The van der Waals surface area contributed by atoms with E-state index < -0.39 is 0 Å². The normalized spacial score (nSPS) is 11.4. The number of nitrogens with one attached hydrogen (secondary N) is 1. The summed E-state index contributed by atoms with van der Waals surface area (Å²) >= 11 is 1.68. The number of para-hydroxylation sites is 1. The Balaban J connectivity index is 1.58. The van der Waals surface area contributed by atoms with E-state index in [2.05, 4.69) is 36.3 Å². The van der Waals surface area contributed by atoms with Gasteiger partial charge in [0.2, 0.25) is 5.95 Å². The Morgan fingerprint density at radius 3 is 2.78 bits per heavy atom. The van der Waals surface area contributed by atoms with E-state index in [1.807, 2.05) is 55.5 Å². The fourth-order valence-electron chi connectivity index (χ4n) is 3.98. The minimum atomic E-state index is 0.220. The molecular weight excluding hydrogens is 418 g/mol. The topological polar surface area (TPSA) is 102 Å². The number of fused-ring (bicyclic) bond motifs is 3. The van der Waals surface area contributed by atoms with Crippen LogP contribution in [0.25, 0.3) is 43.3 Å². The molecule has 8 heteroatoms. The molecule has 32 heavy (non-hydrogen) atoms. The minimum Gasteiger partial charge on any atom is -0.368 e. The summed E-state index contributed by atoms with van der Waals surface area (Å²) in [5, 5.41) is 6.42. The second-order valence-electron chi connectivity index (χ2n) is 7.44. The Labute approximate surface area is 187 Å². The number of benzene rings is 3. The third-order valence-electron chi connectivity index (χ3n) is 5.30. The Morgan fingerprint density at radius 2 is 1.84 bits per heavy atom. The molecule has 0 radical (unpaired) electrons. The quantitative estimate of drug-likeness (QED) is 0.379. The number of hydrogen-bond acceptors (Lipinski definition) is 8. The third kappa shape index (κ3) is 3.09. The van der Waals surface area contributed by atoms with Gasteiger partial charge in [-0.1, -0.05) is 24.3 Å². The standard InChI is InChI=1S/C24H17N7S/c1-13-28-17-9-8-15(10-20(17)32-13)29-18-6-3-7-19-21(18)23(31-24(25)30-19)16-5-2-4-14-11-26-12-27-22(14)16/h2-12,29H,1H3,(H2,25,30,31). The van der Waals surface area contributed by atoms with Crippen LogP contribution in [0.4, 0.5) is 17.3 Å². The Bertz CT molecular complexity index is 1640. The number of rotatable bonds is 3. The van der Waals surface area contributed by atoms with E-state index in [0.717, 1.165) is 59.7 Å². The summed E-state index contributed by atoms with van der Waals surface area (Å²) in [6.45, 7) is 2.02. The summed E-state index contributed by atoms with van der Waals surface area (Å²) in [5.74, 6) is 0.220. The van der Waals surface area contributed by atoms with Crippen molar-refractivity contribution >= 4 is 60.7 Å². The summed E-state index contributed by atoms with van der Waals surface area (Å²) in [4.78, 5) is 22.3. The first-order valence-corrected chi connectivity index (χ1v) is 10.9. The predicted octanol–water partition coefficient (Wildman–Crippen LogP) is 5.48. The van der Waals surface area contributed by atoms with E-state index in [-0.39, 0.29) is 5.95 Å². The van der Waals surface area contributed by atoms with Crippen molar-refractivity contribution in [3.8, 4) is 11.3 Å². The second-order valence-corrected chi connectivity index (χ2v) is 8.67. The van der Waals surface area contributed by atoms with E-state index in [1.54, 1.807) is 23.9 Å². The SMILES string of the molecule is Cc1nc2ccc(Nc3cccc4nc(N)nc(-c5cccc6cncnc56)c34)cc2s1. The van der Waals surface area contributed by atoms with Crippen molar-refractivity contribution in [3.05, 3.63) is 72.1 Å². The van der Waals surface area contributed by atoms with Gasteiger partial charge in [-0.3, -0.25) is 0 Å². The maximum Gasteiger partial charge on any atom is 0.221 e. The van der Waals surface area contributed by atoms with Crippen LogP contribution in [-0.2, 0) is 0 Å². The molecule has 3 N–H and O–H groups in total. The highest BCUT2D eigenvalue weighted by atomic mass is 32.1. The first kappa shape index (κ1) is 18.6. The molecule has 0 saturated heterocycles. The van der Waals surface area contributed by atoms with Gasteiger partial charge >= 0.3 is 0 Å². The van der Waals surface area contributed by atoms with Crippen molar-refractivity contribution in [2.45, 2.75) is 6.92 Å². The lowest BCUT2D eigenvalue weighted by Gasteiger charge is -2.14. The van der Waals surface area contributed by atoms with Crippen LogP contribution in [0.15, 0.2) is 67.1 Å². The average Bonchev–Trinajstić information content (AvgIpc) is 3.17. The Kier molecular flexibility index (Phi) is 4.19. The minimum absolute atomic E-state index is 0.220. The van der Waals surface area contributed by atoms with Gasteiger partial charge in [-0.25, -0.2) is 24.9 Å². The molecule has 0 spiro atoms. The van der Waals surface area contributed by atoms with E-state index in [4.69, 9.17) is 5.73 Å². The zero-order valence-electron chi connectivity index (χ0n) is 17.1. The molecule has 0 unspecified atom stereocenters. The van der Waals surface area contributed by atoms with Crippen LogP contribution in [0.2, 0.25) is 0 Å². The number of nitrogens with zero attached hydrogens (tertiary/aromatic N) is 5. The number of nitrogens with two attached hydrogens (primary N) is 1. The zero-order valence-corrected chi connectivity index (χ0v) is 17.9. The number of aryl methyl sites for hydroxylation is 1. The van der Waals surface area contributed by atoms with E-state index in [1.165, 1.54) is 0 Å². The monoisotopic (exact) mass is 435 g/mol. The molecule has 0 aliphatic carbocycles. The van der Waals surface area contributed by atoms with E-state index >= 15 is 0 Å². The average molecular weight is 436 g/mol. The molecule has 0 fully saturated rings. The van der Waals surface area contributed by atoms with Crippen molar-refractivity contribution in [2.75, 3.05) is 11.1 Å². The van der Waals surface area contributed by atoms with Crippen molar-refractivity contribution in [2.24, 2.45) is 0 Å². The highest BCUT2D eigenvalue weighted by Crippen LogP contribution is 2.37. The molecule has 154 valence electrons.